The molecule has 2 N–H and O–H groups in total. The normalized spacial score (nSPS) is 14.7. The first-order chi connectivity index (χ1) is 6.02. The molecule has 1 amide bonds. The van der Waals surface area contributed by atoms with Crippen LogP contribution in [0.25, 0.3) is 0 Å². The van der Waals surface area contributed by atoms with Crippen molar-refractivity contribution in [2.45, 2.75) is 19.1 Å². The molecule has 0 saturated carbocycles. The molecule has 0 radical (unpaired) electrons. The summed E-state index contributed by atoms with van der Waals surface area (Å²) in [5, 5.41) is 10.9. The molecular weight excluding hydrogens is 198 g/mol. The number of carbonyl (C=O) groups is 2. The largest absolute Gasteiger partial charge is 0.480 e. The van der Waals surface area contributed by atoms with Gasteiger partial charge in [0.05, 0.1) is 6.10 Å². The number of aliphatic carboxylic acids is 1. The molecule has 0 fully saturated rings. The van der Waals surface area contributed by atoms with Gasteiger partial charge < -0.3 is 15.2 Å². The second-order valence-corrected chi connectivity index (χ2v) is 2.73. The van der Waals surface area contributed by atoms with E-state index in [1.165, 1.54) is 7.11 Å². The van der Waals surface area contributed by atoms with Crippen molar-refractivity contribution in [1.82, 2.24) is 5.32 Å². The van der Waals surface area contributed by atoms with E-state index in [9.17, 15) is 9.59 Å². The molecule has 2 atom stereocenters. The Morgan fingerprint density at radius 2 is 2.15 bits per heavy atom. The number of hydrogen-bond acceptors (Lipinski definition) is 3. The highest BCUT2D eigenvalue weighted by molar-refractivity contribution is 6.27. The maximum Gasteiger partial charge on any atom is 0.328 e. The van der Waals surface area contributed by atoms with Gasteiger partial charge in [0.2, 0.25) is 5.91 Å². The Bertz CT molecular complexity index is 197. The molecule has 0 heterocycles. The van der Waals surface area contributed by atoms with E-state index in [-0.39, 0.29) is 5.88 Å². The first-order valence-electron chi connectivity index (χ1n) is 3.63. The van der Waals surface area contributed by atoms with E-state index < -0.39 is 24.0 Å². The van der Waals surface area contributed by atoms with Crippen LogP contribution >= 0.6 is 11.6 Å². The van der Waals surface area contributed by atoms with Crippen LogP contribution in [0, 0.1) is 0 Å². The average molecular weight is 210 g/mol. The van der Waals surface area contributed by atoms with E-state index in [0.29, 0.717) is 0 Å². The molecule has 0 aromatic rings. The summed E-state index contributed by atoms with van der Waals surface area (Å²) in [7, 11) is 1.37. The van der Waals surface area contributed by atoms with Crippen LogP contribution in [-0.4, -0.2) is 42.1 Å². The van der Waals surface area contributed by atoms with E-state index in [4.69, 9.17) is 21.4 Å². The predicted octanol–water partition coefficient (Wildman–Crippen LogP) is -0.171. The summed E-state index contributed by atoms with van der Waals surface area (Å²) in [4.78, 5) is 21.4. The van der Waals surface area contributed by atoms with Crippen LogP contribution in [0.5, 0.6) is 0 Å². The number of carboxylic acids is 1. The number of halogens is 1. The van der Waals surface area contributed by atoms with Crippen LogP contribution in [0.4, 0.5) is 0 Å². The van der Waals surface area contributed by atoms with Crippen molar-refractivity contribution >= 4 is 23.5 Å². The summed E-state index contributed by atoms with van der Waals surface area (Å²) in [5.74, 6) is -1.94. The van der Waals surface area contributed by atoms with Crippen LogP contribution < -0.4 is 5.32 Å². The van der Waals surface area contributed by atoms with Gasteiger partial charge in [-0.2, -0.15) is 0 Å². The Balaban J connectivity index is 4.26. The third-order valence-corrected chi connectivity index (χ3v) is 1.79. The van der Waals surface area contributed by atoms with Gasteiger partial charge in [0.25, 0.3) is 0 Å². The van der Waals surface area contributed by atoms with Crippen LogP contribution in [0.2, 0.25) is 0 Å². The molecule has 0 aromatic heterocycles. The van der Waals surface area contributed by atoms with E-state index in [2.05, 4.69) is 5.32 Å². The number of carboxylic acid groups (broad SMARTS) is 1. The van der Waals surface area contributed by atoms with E-state index in [1.54, 1.807) is 6.92 Å². The van der Waals surface area contributed by atoms with E-state index in [0.717, 1.165) is 0 Å². The van der Waals surface area contributed by atoms with Gasteiger partial charge in [0, 0.05) is 7.11 Å². The Labute approximate surface area is 81.0 Å². The number of carbonyl (C=O) groups excluding carboxylic acids is 1. The molecular formula is C7H12ClNO4. The lowest BCUT2D eigenvalue weighted by atomic mass is 10.2. The number of nitrogens with one attached hydrogen (secondary N) is 1. The van der Waals surface area contributed by atoms with E-state index >= 15 is 0 Å². The quantitative estimate of drug-likeness (QED) is 0.617. The number of rotatable bonds is 5. The molecule has 0 aliphatic rings. The van der Waals surface area contributed by atoms with Crippen molar-refractivity contribution in [2.75, 3.05) is 13.0 Å². The lowest BCUT2D eigenvalue weighted by Gasteiger charge is -2.19. The molecule has 5 nitrogen and oxygen atoms in total. The average Bonchev–Trinajstić information content (AvgIpc) is 2.11. The minimum Gasteiger partial charge on any atom is -0.480 e. The first kappa shape index (κ1) is 12.2. The van der Waals surface area contributed by atoms with Gasteiger partial charge in [-0.3, -0.25) is 4.79 Å². The third-order valence-electron chi connectivity index (χ3n) is 1.55. The fourth-order valence-electron chi connectivity index (χ4n) is 0.728. The predicted molar refractivity (Wildman–Crippen MR) is 46.8 cm³/mol. The number of methoxy groups -OCH3 is 1. The topological polar surface area (TPSA) is 75.6 Å². The van der Waals surface area contributed by atoms with E-state index in [1.807, 2.05) is 0 Å². The zero-order chi connectivity index (χ0) is 10.4. The van der Waals surface area contributed by atoms with Crippen molar-refractivity contribution in [3.63, 3.8) is 0 Å². The highest BCUT2D eigenvalue weighted by Gasteiger charge is 2.25. The zero-order valence-corrected chi connectivity index (χ0v) is 8.17. The monoisotopic (exact) mass is 209 g/mol. The minimum absolute atomic E-state index is 0.264. The number of hydrogen-bond donors (Lipinski definition) is 2. The maximum atomic E-state index is 10.8. The second-order valence-electron chi connectivity index (χ2n) is 2.46. The van der Waals surface area contributed by atoms with Gasteiger partial charge in [0.15, 0.2) is 6.04 Å². The Kier molecular flexibility index (Phi) is 5.41. The lowest BCUT2D eigenvalue weighted by Crippen LogP contribution is -2.48. The Morgan fingerprint density at radius 3 is 2.46 bits per heavy atom. The Hall–Kier alpha value is -0.810. The summed E-state index contributed by atoms with van der Waals surface area (Å²) in [6, 6.07) is -1.06. The smallest absolute Gasteiger partial charge is 0.328 e. The maximum absolute atomic E-state index is 10.8. The lowest BCUT2D eigenvalue weighted by molar-refractivity contribution is -0.145. The summed E-state index contributed by atoms with van der Waals surface area (Å²) in [6.45, 7) is 1.55. The molecule has 0 bridgehead atoms. The highest BCUT2D eigenvalue weighted by Crippen LogP contribution is 1.97. The van der Waals surface area contributed by atoms with Gasteiger partial charge in [-0.1, -0.05) is 0 Å². The molecule has 0 aromatic carbocycles. The second kappa shape index (κ2) is 5.77. The standard InChI is InChI=1S/C7H12ClNO4/c1-4(13-2)6(7(11)12)9-5(10)3-8/h4,6H,3H2,1-2H3,(H,9,10)(H,11,12). The van der Waals surface area contributed by atoms with Crippen molar-refractivity contribution in [3.05, 3.63) is 0 Å². The molecule has 13 heavy (non-hydrogen) atoms. The molecule has 2 unspecified atom stereocenters. The third kappa shape index (κ3) is 4.10. The SMILES string of the molecule is COC(C)C(NC(=O)CCl)C(=O)O. The van der Waals surface area contributed by atoms with Gasteiger partial charge in [-0.25, -0.2) is 4.79 Å². The summed E-state index contributed by atoms with van der Waals surface area (Å²) >= 11 is 5.20. The summed E-state index contributed by atoms with van der Waals surface area (Å²) in [6.07, 6.45) is -0.593. The van der Waals surface area contributed by atoms with Gasteiger partial charge >= 0.3 is 5.97 Å². The van der Waals surface area contributed by atoms with Crippen molar-refractivity contribution in [1.29, 1.82) is 0 Å². The molecule has 0 aliphatic carbocycles. The van der Waals surface area contributed by atoms with Crippen LogP contribution in [0.1, 0.15) is 6.92 Å². The molecule has 76 valence electrons. The molecule has 0 rings (SSSR count). The van der Waals surface area contributed by atoms with Crippen LogP contribution in [0.3, 0.4) is 0 Å². The molecule has 0 aliphatic heterocycles. The van der Waals surface area contributed by atoms with Gasteiger partial charge in [0.1, 0.15) is 5.88 Å². The summed E-state index contributed by atoms with van der Waals surface area (Å²) < 4.78 is 4.78. The number of alkyl halides is 1. The minimum atomic E-state index is -1.15. The molecule has 0 saturated heterocycles. The zero-order valence-electron chi connectivity index (χ0n) is 7.41. The number of ether oxygens (including phenoxy) is 1. The van der Waals surface area contributed by atoms with Crippen molar-refractivity contribution in [3.8, 4) is 0 Å². The highest BCUT2D eigenvalue weighted by atomic mass is 35.5. The molecule has 0 spiro atoms. The fourth-order valence-corrected chi connectivity index (χ4v) is 0.805. The Morgan fingerprint density at radius 1 is 1.62 bits per heavy atom. The fraction of sp³-hybridized carbons (Fsp3) is 0.714. The van der Waals surface area contributed by atoms with Gasteiger partial charge in [-0.15, -0.1) is 11.6 Å². The number of amides is 1. The van der Waals surface area contributed by atoms with Crippen LogP contribution in [0.15, 0.2) is 0 Å². The van der Waals surface area contributed by atoms with Crippen LogP contribution in [-0.2, 0) is 14.3 Å². The molecule has 6 heteroatoms. The first-order valence-corrected chi connectivity index (χ1v) is 4.17. The summed E-state index contributed by atoms with van der Waals surface area (Å²) in [5.41, 5.74) is 0. The van der Waals surface area contributed by atoms with Crippen molar-refractivity contribution in [2.24, 2.45) is 0 Å². The van der Waals surface area contributed by atoms with Gasteiger partial charge in [-0.05, 0) is 6.92 Å². The van der Waals surface area contributed by atoms with Crippen molar-refractivity contribution < 1.29 is 19.4 Å².